The first kappa shape index (κ1) is 14.7. The zero-order chi connectivity index (χ0) is 15.2. The third-order valence-corrected chi connectivity index (χ3v) is 2.90. The zero-order valence-electron chi connectivity index (χ0n) is 11.8. The second-order valence-electron chi connectivity index (χ2n) is 4.61. The lowest BCUT2D eigenvalue weighted by molar-refractivity contribution is 0.0697. The van der Waals surface area contributed by atoms with Crippen LogP contribution >= 0.6 is 0 Å². The summed E-state index contributed by atoms with van der Waals surface area (Å²) in [4.78, 5) is 10.9. The molecule has 2 aromatic carbocycles. The molecule has 0 aliphatic carbocycles. The number of carbonyl (C=O) groups is 1. The Bertz CT molecular complexity index is 624. The van der Waals surface area contributed by atoms with Crippen LogP contribution in [-0.2, 0) is 0 Å². The zero-order valence-corrected chi connectivity index (χ0v) is 11.8. The summed E-state index contributed by atoms with van der Waals surface area (Å²) in [6.07, 6.45) is 0.965. The van der Waals surface area contributed by atoms with Crippen LogP contribution in [0.15, 0.2) is 42.5 Å². The molecule has 0 fully saturated rings. The van der Waals surface area contributed by atoms with Crippen LogP contribution in [0.5, 0.6) is 5.75 Å². The van der Waals surface area contributed by atoms with Crippen LogP contribution in [0.4, 0.5) is 17.1 Å². The van der Waals surface area contributed by atoms with Crippen LogP contribution in [0.2, 0.25) is 0 Å². The number of anilines is 3. The van der Waals surface area contributed by atoms with E-state index in [1.165, 1.54) is 12.1 Å². The predicted octanol–water partition coefficient (Wildman–Crippen LogP) is 3.50. The van der Waals surface area contributed by atoms with E-state index < -0.39 is 5.97 Å². The minimum Gasteiger partial charge on any atom is -0.494 e. The van der Waals surface area contributed by atoms with Crippen LogP contribution in [-0.4, -0.2) is 17.7 Å². The molecule has 5 heteroatoms. The number of rotatable bonds is 6. The van der Waals surface area contributed by atoms with E-state index in [1.807, 2.05) is 24.3 Å². The Morgan fingerprint density at radius 1 is 1.24 bits per heavy atom. The largest absolute Gasteiger partial charge is 0.494 e. The lowest BCUT2D eigenvalue weighted by Gasteiger charge is -2.11. The molecular weight excluding hydrogens is 268 g/mol. The molecule has 0 bridgehead atoms. The first-order valence-electron chi connectivity index (χ1n) is 6.73. The molecule has 4 N–H and O–H groups in total. The Morgan fingerprint density at radius 2 is 1.95 bits per heavy atom. The Hall–Kier alpha value is -2.69. The van der Waals surface area contributed by atoms with Crippen molar-refractivity contribution in [3.05, 3.63) is 48.0 Å². The highest BCUT2D eigenvalue weighted by Crippen LogP contribution is 2.25. The van der Waals surface area contributed by atoms with Crippen molar-refractivity contribution in [1.82, 2.24) is 0 Å². The fraction of sp³-hybridized carbons (Fsp3) is 0.188. The van der Waals surface area contributed by atoms with Gasteiger partial charge in [-0.2, -0.15) is 0 Å². The maximum Gasteiger partial charge on any atom is 0.335 e. The number of hydrogen-bond donors (Lipinski definition) is 3. The molecule has 0 aliphatic rings. The number of nitrogen functional groups attached to an aromatic ring is 1. The Kier molecular flexibility index (Phi) is 4.66. The number of benzene rings is 2. The van der Waals surface area contributed by atoms with Crippen LogP contribution in [0.25, 0.3) is 0 Å². The highest BCUT2D eigenvalue weighted by molar-refractivity contribution is 5.90. The smallest absolute Gasteiger partial charge is 0.335 e. The van der Waals surface area contributed by atoms with Crippen LogP contribution < -0.4 is 15.8 Å². The lowest BCUT2D eigenvalue weighted by atomic mass is 10.1. The van der Waals surface area contributed by atoms with Gasteiger partial charge in [-0.05, 0) is 48.9 Å². The fourth-order valence-electron chi connectivity index (χ4n) is 1.82. The molecule has 0 unspecified atom stereocenters. The standard InChI is InChI=1S/C16H18N2O3/c1-2-9-21-13-6-4-12(5-7-13)18-15-8-3-11(16(19)20)10-14(15)17/h3-8,10,18H,2,9,17H2,1H3,(H,19,20). The van der Waals surface area contributed by atoms with Gasteiger partial charge < -0.3 is 20.9 Å². The lowest BCUT2D eigenvalue weighted by Crippen LogP contribution is -2.01. The third kappa shape index (κ3) is 3.89. The molecule has 0 heterocycles. The van der Waals surface area contributed by atoms with E-state index in [-0.39, 0.29) is 5.56 Å². The summed E-state index contributed by atoms with van der Waals surface area (Å²) < 4.78 is 5.51. The van der Waals surface area contributed by atoms with Gasteiger partial charge in [-0.15, -0.1) is 0 Å². The van der Waals surface area contributed by atoms with Gasteiger partial charge in [-0.3, -0.25) is 0 Å². The summed E-state index contributed by atoms with van der Waals surface area (Å²) in [5, 5.41) is 12.0. The van der Waals surface area contributed by atoms with E-state index in [1.54, 1.807) is 6.07 Å². The highest BCUT2D eigenvalue weighted by atomic mass is 16.5. The van der Waals surface area contributed by atoms with E-state index in [4.69, 9.17) is 15.6 Å². The van der Waals surface area contributed by atoms with E-state index >= 15 is 0 Å². The van der Waals surface area contributed by atoms with E-state index in [0.717, 1.165) is 17.9 Å². The van der Waals surface area contributed by atoms with Crippen LogP contribution in [0, 0.1) is 0 Å². The quantitative estimate of drug-likeness (QED) is 0.708. The second kappa shape index (κ2) is 6.65. The molecule has 0 aliphatic heterocycles. The van der Waals surface area contributed by atoms with Crippen molar-refractivity contribution >= 4 is 23.0 Å². The SMILES string of the molecule is CCCOc1ccc(Nc2ccc(C(=O)O)cc2N)cc1. The molecule has 0 saturated heterocycles. The maximum absolute atomic E-state index is 10.9. The summed E-state index contributed by atoms with van der Waals surface area (Å²) in [5.41, 5.74) is 7.93. The van der Waals surface area contributed by atoms with Crippen molar-refractivity contribution < 1.29 is 14.6 Å². The first-order valence-corrected chi connectivity index (χ1v) is 6.73. The monoisotopic (exact) mass is 286 g/mol. The topological polar surface area (TPSA) is 84.6 Å². The molecule has 0 atom stereocenters. The van der Waals surface area contributed by atoms with Crippen molar-refractivity contribution in [2.45, 2.75) is 13.3 Å². The molecule has 0 radical (unpaired) electrons. The predicted molar refractivity (Wildman–Crippen MR) is 83.3 cm³/mol. The van der Waals surface area contributed by atoms with Gasteiger partial charge in [0.25, 0.3) is 0 Å². The van der Waals surface area contributed by atoms with E-state index in [9.17, 15) is 4.79 Å². The molecule has 0 amide bonds. The van der Waals surface area contributed by atoms with Gasteiger partial charge in [-0.25, -0.2) is 4.79 Å². The number of nitrogens with one attached hydrogen (secondary N) is 1. The average molecular weight is 286 g/mol. The Balaban J connectivity index is 2.09. The van der Waals surface area contributed by atoms with Gasteiger partial charge >= 0.3 is 5.97 Å². The average Bonchev–Trinajstić information content (AvgIpc) is 2.48. The summed E-state index contributed by atoms with van der Waals surface area (Å²) in [5.74, 6) is -0.178. The minimum atomic E-state index is -0.995. The van der Waals surface area contributed by atoms with Crippen molar-refractivity contribution in [2.75, 3.05) is 17.7 Å². The molecule has 0 saturated carbocycles. The number of carboxylic acids is 1. The van der Waals surface area contributed by atoms with Gasteiger partial charge in [0.05, 0.1) is 23.5 Å². The first-order chi connectivity index (χ1) is 10.1. The van der Waals surface area contributed by atoms with Crippen LogP contribution in [0.3, 0.4) is 0 Å². The Morgan fingerprint density at radius 3 is 2.52 bits per heavy atom. The van der Waals surface area contributed by atoms with Crippen molar-refractivity contribution in [2.24, 2.45) is 0 Å². The Labute approximate surface area is 123 Å². The molecule has 2 rings (SSSR count). The van der Waals surface area contributed by atoms with Gasteiger partial charge in [0.15, 0.2) is 0 Å². The summed E-state index contributed by atoms with van der Waals surface area (Å²) >= 11 is 0. The number of hydrogen-bond acceptors (Lipinski definition) is 4. The number of ether oxygens (including phenoxy) is 1. The molecule has 2 aromatic rings. The summed E-state index contributed by atoms with van der Waals surface area (Å²) in [6, 6.07) is 12.1. The normalized spacial score (nSPS) is 10.1. The number of aromatic carboxylic acids is 1. The van der Waals surface area contributed by atoms with Gasteiger partial charge in [0.1, 0.15) is 5.75 Å². The molecule has 0 spiro atoms. The molecule has 0 aromatic heterocycles. The molecular formula is C16H18N2O3. The second-order valence-corrected chi connectivity index (χ2v) is 4.61. The summed E-state index contributed by atoms with van der Waals surface area (Å²) in [7, 11) is 0. The number of nitrogens with two attached hydrogens (primary N) is 1. The molecule has 5 nitrogen and oxygen atoms in total. The van der Waals surface area contributed by atoms with Crippen molar-refractivity contribution in [3.63, 3.8) is 0 Å². The van der Waals surface area contributed by atoms with Gasteiger partial charge in [-0.1, -0.05) is 6.92 Å². The van der Waals surface area contributed by atoms with Crippen molar-refractivity contribution in [1.29, 1.82) is 0 Å². The van der Waals surface area contributed by atoms with Crippen LogP contribution in [0.1, 0.15) is 23.7 Å². The number of carboxylic acid groups (broad SMARTS) is 1. The molecule has 110 valence electrons. The van der Waals surface area contributed by atoms with Gasteiger partial charge in [0, 0.05) is 5.69 Å². The third-order valence-electron chi connectivity index (χ3n) is 2.90. The maximum atomic E-state index is 10.9. The molecule has 21 heavy (non-hydrogen) atoms. The van der Waals surface area contributed by atoms with Gasteiger partial charge in [0.2, 0.25) is 0 Å². The summed E-state index contributed by atoms with van der Waals surface area (Å²) in [6.45, 7) is 2.75. The van der Waals surface area contributed by atoms with E-state index in [0.29, 0.717) is 18.0 Å². The minimum absolute atomic E-state index is 0.168. The highest BCUT2D eigenvalue weighted by Gasteiger charge is 2.06. The van der Waals surface area contributed by atoms with Crippen molar-refractivity contribution in [3.8, 4) is 5.75 Å². The fourth-order valence-corrected chi connectivity index (χ4v) is 1.82. The van der Waals surface area contributed by atoms with E-state index in [2.05, 4.69) is 12.2 Å².